The van der Waals surface area contributed by atoms with Crippen LogP contribution in [0.25, 0.3) is 0 Å². The lowest BCUT2D eigenvalue weighted by molar-refractivity contribution is 0.0843. The fourth-order valence-corrected chi connectivity index (χ4v) is 2.68. The first kappa shape index (κ1) is 12.6. The SMILES string of the molecule is CCc1ccc(CC(O)C2CCCCC2)nc1. The van der Waals surface area contributed by atoms with Gasteiger partial charge < -0.3 is 5.11 Å². The Morgan fingerprint density at radius 1 is 1.29 bits per heavy atom. The molecule has 0 saturated heterocycles. The van der Waals surface area contributed by atoms with Gasteiger partial charge in [-0.15, -0.1) is 0 Å². The Morgan fingerprint density at radius 3 is 2.65 bits per heavy atom. The van der Waals surface area contributed by atoms with Gasteiger partial charge in [0.2, 0.25) is 0 Å². The number of aromatic nitrogens is 1. The molecule has 0 amide bonds. The van der Waals surface area contributed by atoms with Crippen LogP contribution in [-0.4, -0.2) is 16.2 Å². The molecule has 17 heavy (non-hydrogen) atoms. The van der Waals surface area contributed by atoms with Crippen molar-refractivity contribution in [1.82, 2.24) is 4.98 Å². The Hall–Kier alpha value is -0.890. The number of pyridine rings is 1. The number of aliphatic hydroxyl groups excluding tert-OH is 1. The average molecular weight is 233 g/mol. The molecule has 2 rings (SSSR count). The maximum absolute atomic E-state index is 10.2. The van der Waals surface area contributed by atoms with Gasteiger partial charge in [-0.2, -0.15) is 0 Å². The third-order valence-corrected chi connectivity index (χ3v) is 3.91. The van der Waals surface area contributed by atoms with Crippen LogP contribution in [0.5, 0.6) is 0 Å². The van der Waals surface area contributed by atoms with Gasteiger partial charge in [-0.25, -0.2) is 0 Å². The highest BCUT2D eigenvalue weighted by atomic mass is 16.3. The normalized spacial score (nSPS) is 19.2. The van der Waals surface area contributed by atoms with Crippen LogP contribution in [0.2, 0.25) is 0 Å². The van der Waals surface area contributed by atoms with Crippen molar-refractivity contribution in [3.63, 3.8) is 0 Å². The van der Waals surface area contributed by atoms with Gasteiger partial charge in [0.25, 0.3) is 0 Å². The molecule has 2 nitrogen and oxygen atoms in total. The van der Waals surface area contributed by atoms with Crippen molar-refractivity contribution in [2.75, 3.05) is 0 Å². The van der Waals surface area contributed by atoms with Crippen molar-refractivity contribution >= 4 is 0 Å². The Kier molecular flexibility index (Phi) is 4.55. The summed E-state index contributed by atoms with van der Waals surface area (Å²) in [5, 5.41) is 10.2. The lowest BCUT2D eigenvalue weighted by Crippen LogP contribution is -2.25. The van der Waals surface area contributed by atoms with E-state index in [1.165, 1.54) is 37.7 Å². The molecule has 0 spiro atoms. The molecular weight excluding hydrogens is 210 g/mol. The highest BCUT2D eigenvalue weighted by molar-refractivity contribution is 5.14. The number of aryl methyl sites for hydroxylation is 1. The van der Waals surface area contributed by atoms with Crippen LogP contribution in [0.15, 0.2) is 18.3 Å². The average Bonchev–Trinajstić information content (AvgIpc) is 2.40. The monoisotopic (exact) mass is 233 g/mol. The molecule has 1 aliphatic carbocycles. The molecule has 1 N–H and O–H groups in total. The Balaban J connectivity index is 1.89. The number of aliphatic hydroxyl groups is 1. The molecule has 2 heteroatoms. The molecular formula is C15H23NO. The minimum absolute atomic E-state index is 0.199. The van der Waals surface area contributed by atoms with Crippen LogP contribution in [0, 0.1) is 5.92 Å². The zero-order chi connectivity index (χ0) is 12.1. The molecule has 0 aromatic carbocycles. The van der Waals surface area contributed by atoms with Gasteiger partial charge in [0, 0.05) is 18.3 Å². The van der Waals surface area contributed by atoms with Crippen LogP contribution in [0.4, 0.5) is 0 Å². The van der Waals surface area contributed by atoms with E-state index < -0.39 is 0 Å². The van der Waals surface area contributed by atoms with Gasteiger partial charge in [0.15, 0.2) is 0 Å². The first-order valence-electron chi connectivity index (χ1n) is 6.91. The van der Waals surface area contributed by atoms with E-state index in [0.717, 1.165) is 12.1 Å². The molecule has 1 unspecified atom stereocenters. The minimum atomic E-state index is -0.199. The van der Waals surface area contributed by atoms with E-state index in [0.29, 0.717) is 12.3 Å². The van der Waals surface area contributed by atoms with E-state index in [-0.39, 0.29) is 6.10 Å². The van der Waals surface area contributed by atoms with Gasteiger partial charge in [0.05, 0.1) is 6.10 Å². The summed E-state index contributed by atoms with van der Waals surface area (Å²) in [6.45, 7) is 2.13. The largest absolute Gasteiger partial charge is 0.392 e. The maximum atomic E-state index is 10.2. The fraction of sp³-hybridized carbons (Fsp3) is 0.667. The predicted octanol–water partition coefficient (Wildman–Crippen LogP) is 3.13. The predicted molar refractivity (Wildman–Crippen MR) is 69.9 cm³/mol. The summed E-state index contributed by atoms with van der Waals surface area (Å²) in [5.74, 6) is 0.497. The minimum Gasteiger partial charge on any atom is -0.392 e. The molecule has 1 aromatic rings. The molecule has 1 saturated carbocycles. The Morgan fingerprint density at radius 2 is 2.06 bits per heavy atom. The summed E-state index contributed by atoms with van der Waals surface area (Å²) in [6, 6.07) is 4.18. The maximum Gasteiger partial charge on any atom is 0.0623 e. The van der Waals surface area contributed by atoms with Gasteiger partial charge >= 0.3 is 0 Å². The van der Waals surface area contributed by atoms with E-state index in [1.807, 2.05) is 6.20 Å². The Bertz CT molecular complexity index is 327. The van der Waals surface area contributed by atoms with Crippen LogP contribution < -0.4 is 0 Å². The van der Waals surface area contributed by atoms with E-state index in [1.54, 1.807) is 0 Å². The van der Waals surface area contributed by atoms with Crippen LogP contribution >= 0.6 is 0 Å². The lowest BCUT2D eigenvalue weighted by atomic mass is 9.84. The number of hydrogen-bond acceptors (Lipinski definition) is 2. The summed E-state index contributed by atoms with van der Waals surface area (Å²) in [5.41, 5.74) is 2.29. The molecule has 1 aliphatic rings. The molecule has 1 heterocycles. The number of nitrogens with zero attached hydrogens (tertiary/aromatic N) is 1. The molecule has 0 radical (unpaired) electrons. The van der Waals surface area contributed by atoms with Crippen molar-refractivity contribution in [3.05, 3.63) is 29.6 Å². The second-order valence-corrected chi connectivity index (χ2v) is 5.18. The van der Waals surface area contributed by atoms with Gasteiger partial charge in [-0.1, -0.05) is 32.3 Å². The zero-order valence-electron chi connectivity index (χ0n) is 10.7. The lowest BCUT2D eigenvalue weighted by Gasteiger charge is -2.26. The number of hydrogen-bond donors (Lipinski definition) is 1. The van der Waals surface area contributed by atoms with Gasteiger partial charge in [-0.3, -0.25) is 4.98 Å². The van der Waals surface area contributed by atoms with Gasteiger partial charge in [-0.05, 0) is 36.8 Å². The fourth-order valence-electron chi connectivity index (χ4n) is 2.68. The summed E-state index contributed by atoms with van der Waals surface area (Å²) in [7, 11) is 0. The van der Waals surface area contributed by atoms with Crippen LogP contribution in [0.3, 0.4) is 0 Å². The summed E-state index contributed by atoms with van der Waals surface area (Å²) in [4.78, 5) is 4.42. The van der Waals surface area contributed by atoms with Crippen molar-refractivity contribution < 1.29 is 5.11 Å². The first-order valence-corrected chi connectivity index (χ1v) is 6.91. The van der Waals surface area contributed by atoms with E-state index >= 15 is 0 Å². The van der Waals surface area contributed by atoms with E-state index in [2.05, 4.69) is 24.0 Å². The molecule has 0 bridgehead atoms. The highest BCUT2D eigenvalue weighted by Crippen LogP contribution is 2.27. The summed E-state index contributed by atoms with van der Waals surface area (Å²) in [6.07, 6.45) is 9.76. The van der Waals surface area contributed by atoms with Crippen molar-refractivity contribution in [1.29, 1.82) is 0 Å². The zero-order valence-corrected chi connectivity index (χ0v) is 10.7. The standard InChI is InChI=1S/C15H23NO/c1-2-12-8-9-14(16-11-12)10-15(17)13-6-4-3-5-7-13/h8-9,11,13,15,17H,2-7,10H2,1H3. The molecule has 1 fully saturated rings. The number of rotatable bonds is 4. The second-order valence-electron chi connectivity index (χ2n) is 5.18. The Labute approximate surface area is 104 Å². The second kappa shape index (κ2) is 6.15. The van der Waals surface area contributed by atoms with Crippen molar-refractivity contribution in [3.8, 4) is 0 Å². The van der Waals surface area contributed by atoms with Crippen LogP contribution in [0.1, 0.15) is 50.3 Å². The van der Waals surface area contributed by atoms with Crippen LogP contribution in [-0.2, 0) is 12.8 Å². The quantitative estimate of drug-likeness (QED) is 0.866. The highest BCUT2D eigenvalue weighted by Gasteiger charge is 2.21. The van der Waals surface area contributed by atoms with Crippen molar-refractivity contribution in [2.24, 2.45) is 5.92 Å². The third-order valence-electron chi connectivity index (χ3n) is 3.91. The molecule has 94 valence electrons. The van der Waals surface area contributed by atoms with E-state index in [9.17, 15) is 5.11 Å². The molecule has 1 atom stereocenters. The topological polar surface area (TPSA) is 33.1 Å². The molecule has 1 aromatic heterocycles. The van der Waals surface area contributed by atoms with Gasteiger partial charge in [0.1, 0.15) is 0 Å². The molecule has 0 aliphatic heterocycles. The smallest absolute Gasteiger partial charge is 0.0623 e. The summed E-state index contributed by atoms with van der Waals surface area (Å²) < 4.78 is 0. The van der Waals surface area contributed by atoms with Crippen molar-refractivity contribution in [2.45, 2.75) is 58.0 Å². The first-order chi connectivity index (χ1) is 8.29. The third kappa shape index (κ3) is 3.53. The van der Waals surface area contributed by atoms with E-state index in [4.69, 9.17) is 0 Å². The summed E-state index contributed by atoms with van der Waals surface area (Å²) >= 11 is 0.